The van der Waals surface area contributed by atoms with E-state index >= 15 is 0 Å². The molecule has 3 aromatic carbocycles. The average molecular weight is 551 g/mol. The van der Waals surface area contributed by atoms with Crippen LogP contribution in [0.1, 0.15) is 16.7 Å². The monoisotopic (exact) mass is 548 g/mol. The van der Waals surface area contributed by atoms with E-state index < -0.39 is 5.91 Å². The van der Waals surface area contributed by atoms with Crippen molar-refractivity contribution in [2.45, 2.75) is 13.5 Å². The summed E-state index contributed by atoms with van der Waals surface area (Å²) in [6, 6.07) is 17.6. The number of nitrogens with zero attached hydrogens (tertiary/aromatic N) is 1. The van der Waals surface area contributed by atoms with E-state index in [1.54, 1.807) is 61.5 Å². The van der Waals surface area contributed by atoms with E-state index in [1.807, 2.05) is 6.07 Å². The van der Waals surface area contributed by atoms with Crippen LogP contribution < -0.4 is 10.1 Å². The van der Waals surface area contributed by atoms with Crippen molar-refractivity contribution < 1.29 is 9.53 Å². The first-order valence-corrected chi connectivity index (χ1v) is 11.3. The molecule has 1 N–H and O–H groups in total. The minimum absolute atomic E-state index is 0.0436. The third kappa shape index (κ3) is 6.05. The number of hydrogen-bond donors (Lipinski definition) is 1. The quantitative estimate of drug-likeness (QED) is 0.251. The molecule has 4 nitrogen and oxygen atoms in total. The van der Waals surface area contributed by atoms with E-state index in [9.17, 15) is 10.1 Å². The average Bonchev–Trinajstić information content (AvgIpc) is 2.75. The Hall–Kier alpha value is -2.49. The highest BCUT2D eigenvalue weighted by molar-refractivity contribution is 9.10. The van der Waals surface area contributed by atoms with Gasteiger partial charge in [-0.1, -0.05) is 53.0 Å². The largest absolute Gasteiger partial charge is 0.488 e. The summed E-state index contributed by atoms with van der Waals surface area (Å²) in [5.74, 6) is 0.0670. The van der Waals surface area contributed by atoms with Crippen molar-refractivity contribution in [2.24, 2.45) is 0 Å². The highest BCUT2D eigenvalue weighted by Gasteiger charge is 2.13. The van der Waals surface area contributed by atoms with Crippen molar-refractivity contribution in [3.05, 3.63) is 96.4 Å². The summed E-state index contributed by atoms with van der Waals surface area (Å²) in [4.78, 5) is 12.6. The Morgan fingerprint density at radius 1 is 1.12 bits per heavy atom. The molecule has 0 aromatic heterocycles. The van der Waals surface area contributed by atoms with Crippen LogP contribution in [0.15, 0.2) is 64.6 Å². The number of carbonyl (C=O) groups is 1. The summed E-state index contributed by atoms with van der Waals surface area (Å²) in [5, 5.41) is 13.8. The van der Waals surface area contributed by atoms with Crippen LogP contribution in [-0.4, -0.2) is 5.91 Å². The maximum absolute atomic E-state index is 12.6. The van der Waals surface area contributed by atoms with Gasteiger partial charge in [0.1, 0.15) is 24.0 Å². The zero-order valence-corrected chi connectivity index (χ0v) is 20.6. The third-order valence-corrected chi connectivity index (χ3v) is 6.16. The van der Waals surface area contributed by atoms with Gasteiger partial charge < -0.3 is 10.1 Å². The Balaban J connectivity index is 1.74. The van der Waals surface area contributed by atoms with Crippen molar-refractivity contribution in [3.8, 4) is 11.8 Å². The summed E-state index contributed by atoms with van der Waals surface area (Å²) in [6.45, 7) is 2.05. The maximum Gasteiger partial charge on any atom is 0.266 e. The van der Waals surface area contributed by atoms with Gasteiger partial charge in [0.15, 0.2) is 0 Å². The van der Waals surface area contributed by atoms with Crippen LogP contribution in [-0.2, 0) is 11.4 Å². The molecule has 0 aliphatic heterocycles. The van der Waals surface area contributed by atoms with Crippen molar-refractivity contribution in [3.63, 3.8) is 0 Å². The van der Waals surface area contributed by atoms with E-state index in [-0.39, 0.29) is 12.2 Å². The molecule has 8 heteroatoms. The standard InChI is InChI=1S/C24H16BrCl3N2O2/c1-14-20(27)3-2-4-22(14)30-24(31)17(12-29)9-15-5-8-23(19(25)10-15)32-13-16-6-7-18(26)11-21(16)28/h2-11H,13H2,1H3,(H,30,31)/b17-9-. The highest BCUT2D eigenvalue weighted by atomic mass is 79.9. The van der Waals surface area contributed by atoms with Crippen LogP contribution >= 0.6 is 50.7 Å². The minimum atomic E-state index is -0.522. The van der Waals surface area contributed by atoms with Crippen LogP contribution in [0.2, 0.25) is 15.1 Å². The van der Waals surface area contributed by atoms with E-state index in [2.05, 4.69) is 21.2 Å². The lowest BCUT2D eigenvalue weighted by atomic mass is 10.1. The maximum atomic E-state index is 12.6. The van der Waals surface area contributed by atoms with Gasteiger partial charge in [0.2, 0.25) is 0 Å². The smallest absolute Gasteiger partial charge is 0.266 e. The lowest BCUT2D eigenvalue weighted by molar-refractivity contribution is -0.112. The van der Waals surface area contributed by atoms with Gasteiger partial charge in [-0.05, 0) is 76.5 Å². The highest BCUT2D eigenvalue weighted by Crippen LogP contribution is 2.29. The van der Waals surface area contributed by atoms with Gasteiger partial charge in [0, 0.05) is 26.3 Å². The fourth-order valence-electron chi connectivity index (χ4n) is 2.77. The summed E-state index contributed by atoms with van der Waals surface area (Å²) in [5.41, 5.74) is 2.69. The lowest BCUT2D eigenvalue weighted by Crippen LogP contribution is -2.14. The molecule has 32 heavy (non-hydrogen) atoms. The summed E-state index contributed by atoms with van der Waals surface area (Å²) in [6.07, 6.45) is 1.50. The molecule has 3 rings (SSSR count). The predicted octanol–water partition coefficient (Wildman–Crippen LogP) is 7.84. The number of halogens is 4. The van der Waals surface area contributed by atoms with Gasteiger partial charge in [-0.15, -0.1) is 0 Å². The van der Waals surface area contributed by atoms with Gasteiger partial charge >= 0.3 is 0 Å². The summed E-state index contributed by atoms with van der Waals surface area (Å²) < 4.78 is 6.50. The summed E-state index contributed by atoms with van der Waals surface area (Å²) >= 11 is 21.7. The number of anilines is 1. The second-order valence-corrected chi connectivity index (χ2v) is 8.86. The minimum Gasteiger partial charge on any atom is -0.488 e. The van der Waals surface area contributed by atoms with E-state index in [0.717, 1.165) is 11.1 Å². The molecule has 0 unspecified atom stereocenters. The van der Waals surface area contributed by atoms with E-state index in [0.29, 0.717) is 36.5 Å². The SMILES string of the molecule is Cc1c(Cl)cccc1NC(=O)/C(C#N)=C\c1ccc(OCc2ccc(Cl)cc2Cl)c(Br)c1. The summed E-state index contributed by atoms with van der Waals surface area (Å²) in [7, 11) is 0. The number of amides is 1. The first-order valence-electron chi connectivity index (χ1n) is 9.33. The lowest BCUT2D eigenvalue weighted by Gasteiger charge is -2.11. The van der Waals surface area contributed by atoms with E-state index in [1.165, 1.54) is 6.08 Å². The number of hydrogen-bond acceptors (Lipinski definition) is 3. The molecule has 0 bridgehead atoms. The molecule has 0 heterocycles. The number of nitrogens with one attached hydrogen (secondary N) is 1. The Morgan fingerprint density at radius 3 is 2.59 bits per heavy atom. The van der Waals surface area contributed by atoms with Crippen LogP contribution in [0, 0.1) is 18.3 Å². The Bertz CT molecular complexity index is 1250. The van der Waals surface area contributed by atoms with Crippen molar-refractivity contribution in [2.75, 3.05) is 5.32 Å². The van der Waals surface area contributed by atoms with Crippen LogP contribution in [0.25, 0.3) is 6.08 Å². The van der Waals surface area contributed by atoms with Gasteiger partial charge in [0.25, 0.3) is 5.91 Å². The molecular weight excluding hydrogens is 535 g/mol. The number of benzene rings is 3. The Labute approximate surface area is 209 Å². The van der Waals surface area contributed by atoms with Crippen LogP contribution in [0.3, 0.4) is 0 Å². The zero-order chi connectivity index (χ0) is 23.3. The second kappa shape index (κ2) is 10.9. The topological polar surface area (TPSA) is 62.1 Å². The van der Waals surface area contributed by atoms with Gasteiger partial charge in [-0.2, -0.15) is 5.26 Å². The molecule has 0 saturated carbocycles. The first kappa shape index (κ1) is 24.2. The fourth-order valence-corrected chi connectivity index (χ4v) is 3.91. The Kier molecular flexibility index (Phi) is 8.22. The third-order valence-electron chi connectivity index (χ3n) is 4.55. The van der Waals surface area contributed by atoms with Crippen LogP contribution in [0.4, 0.5) is 5.69 Å². The molecule has 0 radical (unpaired) electrons. The van der Waals surface area contributed by atoms with Gasteiger partial charge in [0.05, 0.1) is 4.47 Å². The molecule has 0 aliphatic rings. The van der Waals surface area contributed by atoms with E-state index in [4.69, 9.17) is 39.5 Å². The number of ether oxygens (including phenoxy) is 1. The zero-order valence-electron chi connectivity index (χ0n) is 16.8. The number of nitriles is 1. The van der Waals surface area contributed by atoms with Gasteiger partial charge in [-0.25, -0.2) is 0 Å². The molecule has 0 fully saturated rings. The Morgan fingerprint density at radius 2 is 1.91 bits per heavy atom. The molecular formula is C24H16BrCl3N2O2. The molecule has 0 atom stereocenters. The van der Waals surface area contributed by atoms with Gasteiger partial charge in [-0.3, -0.25) is 4.79 Å². The second-order valence-electron chi connectivity index (χ2n) is 6.75. The first-order chi connectivity index (χ1) is 15.3. The molecule has 3 aromatic rings. The van der Waals surface area contributed by atoms with Crippen molar-refractivity contribution in [1.82, 2.24) is 0 Å². The number of carbonyl (C=O) groups excluding carboxylic acids is 1. The van der Waals surface area contributed by atoms with Crippen LogP contribution in [0.5, 0.6) is 5.75 Å². The van der Waals surface area contributed by atoms with Crippen molar-refractivity contribution >= 4 is 68.4 Å². The molecule has 162 valence electrons. The predicted molar refractivity (Wildman–Crippen MR) is 133 cm³/mol. The fraction of sp³-hybridized carbons (Fsp3) is 0.0833. The molecule has 0 saturated heterocycles. The number of rotatable bonds is 6. The molecule has 0 spiro atoms. The molecule has 0 aliphatic carbocycles. The molecule has 1 amide bonds. The normalized spacial score (nSPS) is 11.1. The van der Waals surface area contributed by atoms with Crippen molar-refractivity contribution in [1.29, 1.82) is 5.26 Å².